The van der Waals surface area contributed by atoms with Crippen molar-refractivity contribution in [3.63, 3.8) is 0 Å². The number of aromatic nitrogens is 4. The first-order valence-corrected chi connectivity index (χ1v) is 11.7. The smallest absolute Gasteiger partial charge is 0.272 e. The summed E-state index contributed by atoms with van der Waals surface area (Å²) < 4.78 is 4.44. The van der Waals surface area contributed by atoms with Gasteiger partial charge >= 0.3 is 0 Å². The molecule has 0 aliphatic carbocycles. The summed E-state index contributed by atoms with van der Waals surface area (Å²) in [4.78, 5) is 13.1. The summed E-state index contributed by atoms with van der Waals surface area (Å²) in [6.07, 6.45) is 0.752. The van der Waals surface area contributed by atoms with Crippen LogP contribution in [0.2, 0.25) is 5.02 Å². The Morgan fingerprint density at radius 1 is 1.00 bits per heavy atom. The fourth-order valence-electron chi connectivity index (χ4n) is 3.44. The highest BCUT2D eigenvalue weighted by Crippen LogP contribution is 2.28. The van der Waals surface area contributed by atoms with Gasteiger partial charge in [-0.25, -0.2) is 0 Å². The topological polar surface area (TPSA) is 52.2 Å². The highest BCUT2D eigenvalue weighted by molar-refractivity contribution is 7.98. The van der Waals surface area contributed by atoms with Crippen LogP contribution in [0.5, 0.6) is 0 Å². The second kappa shape index (κ2) is 8.26. The quantitative estimate of drug-likeness (QED) is 0.328. The van der Waals surface area contributed by atoms with Crippen LogP contribution in [0.3, 0.4) is 0 Å². The Kier molecular flexibility index (Phi) is 5.33. The van der Waals surface area contributed by atoms with Crippen LogP contribution in [0.4, 0.5) is 0 Å². The van der Waals surface area contributed by atoms with Gasteiger partial charge in [0.2, 0.25) is 5.78 Å². The Labute approximate surface area is 186 Å². The first-order valence-electron chi connectivity index (χ1n) is 9.47. The zero-order valence-corrected chi connectivity index (χ0v) is 18.3. The summed E-state index contributed by atoms with van der Waals surface area (Å²) in [7, 11) is 0. The van der Waals surface area contributed by atoms with Gasteiger partial charge in [0.25, 0.3) is 5.56 Å². The van der Waals surface area contributed by atoms with Crippen LogP contribution < -0.4 is 5.56 Å². The lowest BCUT2D eigenvalue weighted by Gasteiger charge is -2.09. The van der Waals surface area contributed by atoms with Crippen molar-refractivity contribution in [1.82, 2.24) is 19.2 Å². The van der Waals surface area contributed by atoms with Gasteiger partial charge in [0.15, 0.2) is 5.16 Å². The minimum atomic E-state index is -0.0153. The molecule has 0 aliphatic heterocycles. The number of nitrogens with zero attached hydrogens (tertiary/aromatic N) is 4. The largest absolute Gasteiger partial charge is 0.275 e. The van der Waals surface area contributed by atoms with Gasteiger partial charge in [0.1, 0.15) is 4.70 Å². The second-order valence-corrected chi connectivity index (χ2v) is 9.09. The summed E-state index contributed by atoms with van der Waals surface area (Å²) in [6.45, 7) is 0.549. The van der Waals surface area contributed by atoms with Crippen LogP contribution in [-0.2, 0) is 18.7 Å². The zero-order valence-electron chi connectivity index (χ0n) is 15.9. The minimum Gasteiger partial charge on any atom is -0.275 e. The molecule has 0 N–H and O–H groups in total. The molecular formula is C22H17ClN4OS2. The lowest BCUT2D eigenvalue weighted by atomic mass is 10.1. The lowest BCUT2D eigenvalue weighted by molar-refractivity contribution is 0.678. The van der Waals surface area contributed by atoms with Crippen molar-refractivity contribution in [3.8, 4) is 0 Å². The van der Waals surface area contributed by atoms with Crippen molar-refractivity contribution in [2.24, 2.45) is 0 Å². The van der Waals surface area contributed by atoms with Crippen LogP contribution >= 0.6 is 34.7 Å². The van der Waals surface area contributed by atoms with Crippen molar-refractivity contribution in [2.45, 2.75) is 23.9 Å². The Morgan fingerprint density at radius 2 is 1.80 bits per heavy atom. The van der Waals surface area contributed by atoms with Crippen LogP contribution in [0, 0.1) is 0 Å². The fraction of sp³-hybridized carbons (Fsp3) is 0.136. The lowest BCUT2D eigenvalue weighted by Crippen LogP contribution is -2.23. The van der Waals surface area contributed by atoms with E-state index in [0.29, 0.717) is 18.1 Å². The molecule has 0 atom stereocenters. The standard InChI is InChI=1S/C22H17ClN4OS2/c23-17-9-5-4-8-16(17)14-30-22-25-24-21-26(12-10-15-6-2-1-3-7-15)20(28)19-18(27(21)22)11-13-29-19/h1-9,11,13H,10,12,14H2. The van der Waals surface area contributed by atoms with Gasteiger partial charge in [-0.3, -0.25) is 13.8 Å². The van der Waals surface area contributed by atoms with E-state index in [4.69, 9.17) is 11.6 Å². The van der Waals surface area contributed by atoms with Gasteiger partial charge in [-0.2, -0.15) is 0 Å². The first kappa shape index (κ1) is 19.4. The maximum Gasteiger partial charge on any atom is 0.272 e. The third-order valence-corrected chi connectivity index (χ3v) is 7.20. The molecule has 0 spiro atoms. The molecule has 3 aromatic heterocycles. The molecule has 0 aliphatic rings. The van der Waals surface area contributed by atoms with Crippen molar-refractivity contribution >= 4 is 50.7 Å². The Morgan fingerprint density at radius 3 is 2.63 bits per heavy atom. The van der Waals surface area contributed by atoms with E-state index in [1.54, 1.807) is 16.3 Å². The maximum atomic E-state index is 13.1. The van der Waals surface area contributed by atoms with E-state index in [9.17, 15) is 4.79 Å². The van der Waals surface area contributed by atoms with Crippen LogP contribution in [-0.4, -0.2) is 19.2 Å². The highest BCUT2D eigenvalue weighted by Gasteiger charge is 2.18. The first-order chi connectivity index (χ1) is 14.7. The van der Waals surface area contributed by atoms with E-state index in [1.165, 1.54) is 16.9 Å². The number of aryl methyl sites for hydroxylation is 2. The SMILES string of the molecule is O=c1c2sccc2n2c(SCc3ccccc3Cl)nnc2n1CCc1ccccc1. The number of rotatable bonds is 6. The Hall–Kier alpha value is -2.61. The number of halogens is 1. The van der Waals surface area contributed by atoms with Gasteiger partial charge < -0.3 is 0 Å². The molecule has 0 amide bonds. The van der Waals surface area contributed by atoms with Gasteiger partial charge in [-0.05, 0) is 35.1 Å². The molecule has 5 rings (SSSR count). The van der Waals surface area contributed by atoms with Gasteiger partial charge in [-0.15, -0.1) is 21.5 Å². The monoisotopic (exact) mass is 452 g/mol. The normalized spacial score (nSPS) is 11.5. The molecule has 5 nitrogen and oxygen atoms in total. The van der Waals surface area contributed by atoms with Crippen molar-refractivity contribution < 1.29 is 0 Å². The molecule has 0 bridgehead atoms. The highest BCUT2D eigenvalue weighted by atomic mass is 35.5. The van der Waals surface area contributed by atoms with Crippen LogP contribution in [0.1, 0.15) is 11.1 Å². The summed E-state index contributed by atoms with van der Waals surface area (Å²) in [5.41, 5.74) is 3.06. The molecule has 0 saturated carbocycles. The van der Waals surface area contributed by atoms with Crippen molar-refractivity contribution in [1.29, 1.82) is 0 Å². The van der Waals surface area contributed by atoms with Gasteiger partial charge in [-0.1, -0.05) is 71.9 Å². The number of thiophene rings is 1. The number of hydrogen-bond acceptors (Lipinski definition) is 5. The summed E-state index contributed by atoms with van der Waals surface area (Å²) >= 11 is 9.32. The average molecular weight is 453 g/mol. The average Bonchev–Trinajstić information content (AvgIpc) is 3.41. The van der Waals surface area contributed by atoms with E-state index in [2.05, 4.69) is 22.3 Å². The Bertz CT molecular complexity index is 1390. The van der Waals surface area contributed by atoms with Gasteiger partial charge in [0, 0.05) is 17.3 Å². The summed E-state index contributed by atoms with van der Waals surface area (Å²) in [5, 5.41) is 12.2. The van der Waals surface area contributed by atoms with E-state index >= 15 is 0 Å². The summed E-state index contributed by atoms with van der Waals surface area (Å²) in [6, 6.07) is 19.9. The molecule has 0 fully saturated rings. The molecule has 150 valence electrons. The maximum absolute atomic E-state index is 13.1. The summed E-state index contributed by atoms with van der Waals surface area (Å²) in [5.74, 6) is 1.25. The molecule has 2 aromatic carbocycles. The predicted octanol–water partition coefficient (Wildman–Crippen LogP) is 5.29. The minimum absolute atomic E-state index is 0.0153. The molecule has 5 aromatic rings. The Balaban J connectivity index is 1.55. The number of hydrogen-bond donors (Lipinski definition) is 0. The zero-order chi connectivity index (χ0) is 20.5. The van der Waals surface area contributed by atoms with Crippen molar-refractivity contribution in [2.75, 3.05) is 0 Å². The number of thioether (sulfide) groups is 1. The fourth-order valence-corrected chi connectivity index (χ4v) is 5.49. The van der Waals surface area contributed by atoms with E-state index in [-0.39, 0.29) is 5.56 Å². The molecule has 3 heterocycles. The second-order valence-electron chi connectivity index (χ2n) is 6.83. The molecule has 0 unspecified atom stereocenters. The van der Waals surface area contributed by atoms with E-state index < -0.39 is 0 Å². The van der Waals surface area contributed by atoms with Crippen molar-refractivity contribution in [3.05, 3.63) is 92.5 Å². The molecule has 30 heavy (non-hydrogen) atoms. The number of fused-ring (bicyclic) bond motifs is 3. The van der Waals surface area contributed by atoms with E-state index in [1.807, 2.05) is 58.3 Å². The van der Waals surface area contributed by atoms with E-state index in [0.717, 1.165) is 32.4 Å². The molecular weight excluding hydrogens is 436 g/mol. The number of benzene rings is 2. The molecule has 0 saturated heterocycles. The van der Waals surface area contributed by atoms with Crippen LogP contribution in [0.15, 0.2) is 76.0 Å². The molecule has 0 radical (unpaired) electrons. The predicted molar refractivity (Wildman–Crippen MR) is 124 cm³/mol. The van der Waals surface area contributed by atoms with Gasteiger partial charge in [0.05, 0.1) is 5.52 Å². The van der Waals surface area contributed by atoms with Crippen LogP contribution in [0.25, 0.3) is 16.0 Å². The third-order valence-electron chi connectivity index (χ3n) is 4.96. The third kappa shape index (κ3) is 3.53. The molecule has 8 heteroatoms.